The summed E-state index contributed by atoms with van der Waals surface area (Å²) in [5.41, 5.74) is 0.670. The number of oxime groups is 1. The van der Waals surface area contributed by atoms with Crippen molar-refractivity contribution in [3.8, 4) is 0 Å². The first-order valence-corrected chi connectivity index (χ1v) is 3.33. The second kappa shape index (κ2) is 4.73. The average Bonchev–Trinajstić information content (AvgIpc) is 1.88. The van der Waals surface area contributed by atoms with Gasteiger partial charge in [0.2, 0.25) is 0 Å². The van der Waals surface area contributed by atoms with Gasteiger partial charge in [-0.05, 0) is 12.5 Å². The maximum absolute atomic E-state index is 8.55. The highest BCUT2D eigenvalue weighted by Gasteiger charge is 2.05. The quantitative estimate of drug-likeness (QED) is 0.268. The molecule has 2 N–H and O–H groups in total. The molecular weight excluding hydrogens is 144 g/mol. The van der Waals surface area contributed by atoms with Crippen molar-refractivity contribution in [2.24, 2.45) is 5.16 Å². The summed E-state index contributed by atoms with van der Waals surface area (Å²) in [6.45, 7) is 5.82. The molecule has 0 fully saturated rings. The van der Waals surface area contributed by atoms with Crippen molar-refractivity contribution in [3.63, 3.8) is 0 Å². The zero-order valence-electron chi connectivity index (χ0n) is 6.91. The van der Waals surface area contributed by atoms with Gasteiger partial charge in [-0.1, -0.05) is 11.7 Å². The van der Waals surface area contributed by atoms with Crippen molar-refractivity contribution >= 4 is 5.84 Å². The summed E-state index contributed by atoms with van der Waals surface area (Å²) in [6, 6.07) is 0. The summed E-state index contributed by atoms with van der Waals surface area (Å²) in [6.07, 6.45) is 0. The first-order valence-electron chi connectivity index (χ1n) is 3.33. The molecule has 11 heavy (non-hydrogen) atoms. The Bertz CT molecular complexity index is 166. The fourth-order valence-corrected chi connectivity index (χ4v) is 0.743. The molecule has 64 valence electrons. The van der Waals surface area contributed by atoms with Gasteiger partial charge in [-0.25, -0.2) is 0 Å². The lowest BCUT2D eigenvalue weighted by atomic mass is 10.3. The van der Waals surface area contributed by atoms with Crippen LogP contribution in [0.15, 0.2) is 17.3 Å². The molecule has 0 unspecified atom stereocenters. The molecule has 0 radical (unpaired) electrons. The molecule has 0 aromatic heterocycles. The van der Waals surface area contributed by atoms with Crippen LogP contribution < -0.4 is 0 Å². The molecular formula is C7H14N2O2. The van der Waals surface area contributed by atoms with Crippen LogP contribution in [0.4, 0.5) is 0 Å². The molecule has 0 heterocycles. The molecule has 0 aromatic rings. The Labute approximate surface area is 66.4 Å². The number of hydrogen-bond donors (Lipinski definition) is 2. The van der Waals surface area contributed by atoms with Gasteiger partial charge in [0.05, 0.1) is 6.61 Å². The Morgan fingerprint density at radius 1 is 1.64 bits per heavy atom. The summed E-state index contributed by atoms with van der Waals surface area (Å²) in [7, 11) is 1.72. The Morgan fingerprint density at radius 3 is 2.45 bits per heavy atom. The standard InChI is InChI=1S/C7H14N2O2/c1-6(2)7(8-11)9(3)4-5-10/h10-11H,1,4-5H2,2-3H3. The molecule has 0 saturated carbocycles. The smallest absolute Gasteiger partial charge is 0.170 e. The summed E-state index contributed by atoms with van der Waals surface area (Å²) >= 11 is 0. The lowest BCUT2D eigenvalue weighted by molar-refractivity contribution is 0.255. The summed E-state index contributed by atoms with van der Waals surface area (Å²) < 4.78 is 0. The maximum atomic E-state index is 8.55. The van der Waals surface area contributed by atoms with E-state index >= 15 is 0 Å². The van der Waals surface area contributed by atoms with E-state index in [1.54, 1.807) is 18.9 Å². The van der Waals surface area contributed by atoms with Gasteiger partial charge in [0.15, 0.2) is 5.84 Å². The first-order chi connectivity index (χ1) is 5.13. The molecule has 0 bridgehead atoms. The number of hydrogen-bond acceptors (Lipinski definition) is 3. The third-order valence-corrected chi connectivity index (χ3v) is 1.27. The lowest BCUT2D eigenvalue weighted by Crippen LogP contribution is -2.30. The van der Waals surface area contributed by atoms with Crippen LogP contribution in [0.1, 0.15) is 6.92 Å². The van der Waals surface area contributed by atoms with Crippen molar-refractivity contribution in [3.05, 3.63) is 12.2 Å². The normalized spacial score (nSPS) is 11.4. The van der Waals surface area contributed by atoms with E-state index in [9.17, 15) is 0 Å². The molecule has 0 aliphatic heterocycles. The predicted molar refractivity (Wildman–Crippen MR) is 43.8 cm³/mol. The van der Waals surface area contributed by atoms with Gasteiger partial charge in [-0.3, -0.25) is 0 Å². The van der Waals surface area contributed by atoms with E-state index in [1.807, 2.05) is 0 Å². The van der Waals surface area contributed by atoms with Crippen molar-refractivity contribution in [1.82, 2.24) is 4.90 Å². The maximum Gasteiger partial charge on any atom is 0.170 e. The molecule has 0 aliphatic carbocycles. The van der Waals surface area contributed by atoms with Gasteiger partial charge in [0, 0.05) is 13.6 Å². The van der Waals surface area contributed by atoms with Gasteiger partial charge in [0.25, 0.3) is 0 Å². The first kappa shape index (κ1) is 9.97. The third-order valence-electron chi connectivity index (χ3n) is 1.27. The number of aliphatic hydroxyl groups excluding tert-OH is 1. The minimum Gasteiger partial charge on any atom is -0.409 e. The fraction of sp³-hybridized carbons (Fsp3) is 0.571. The highest BCUT2D eigenvalue weighted by Crippen LogP contribution is 1.97. The van der Waals surface area contributed by atoms with Gasteiger partial charge >= 0.3 is 0 Å². The molecule has 0 atom stereocenters. The van der Waals surface area contributed by atoms with Gasteiger partial charge in [-0.2, -0.15) is 0 Å². The van der Waals surface area contributed by atoms with Gasteiger partial charge < -0.3 is 15.2 Å². The van der Waals surface area contributed by atoms with E-state index in [0.717, 1.165) is 0 Å². The summed E-state index contributed by atoms with van der Waals surface area (Å²) in [5, 5.41) is 20.1. The van der Waals surface area contributed by atoms with Crippen LogP contribution >= 0.6 is 0 Å². The van der Waals surface area contributed by atoms with Crippen molar-refractivity contribution < 1.29 is 10.3 Å². The summed E-state index contributed by atoms with van der Waals surface area (Å²) in [5.74, 6) is 0.402. The minimum absolute atomic E-state index is 0.0306. The number of nitrogens with zero attached hydrogens (tertiary/aromatic N) is 2. The van der Waals surface area contributed by atoms with Crippen LogP contribution in [0.5, 0.6) is 0 Å². The average molecular weight is 158 g/mol. The highest BCUT2D eigenvalue weighted by molar-refractivity contribution is 5.96. The molecule has 0 aromatic carbocycles. The van der Waals surface area contributed by atoms with Crippen LogP contribution in [0.25, 0.3) is 0 Å². The van der Waals surface area contributed by atoms with Crippen molar-refractivity contribution in [2.75, 3.05) is 20.2 Å². The Hall–Kier alpha value is -1.03. The fourth-order valence-electron chi connectivity index (χ4n) is 0.743. The highest BCUT2D eigenvalue weighted by atomic mass is 16.4. The number of aliphatic hydroxyl groups is 1. The Balaban J connectivity index is 4.16. The number of rotatable bonds is 3. The number of likely N-dealkylation sites (N-methyl/N-ethyl adjacent to an activating group) is 1. The number of amidine groups is 1. The molecule has 0 amide bonds. The second-order valence-electron chi connectivity index (χ2n) is 2.35. The van der Waals surface area contributed by atoms with Crippen molar-refractivity contribution in [1.29, 1.82) is 0 Å². The minimum atomic E-state index is 0.0306. The van der Waals surface area contributed by atoms with Gasteiger partial charge in [-0.15, -0.1) is 0 Å². The lowest BCUT2D eigenvalue weighted by Gasteiger charge is -2.18. The van der Waals surface area contributed by atoms with E-state index in [-0.39, 0.29) is 6.61 Å². The molecule has 0 rings (SSSR count). The zero-order chi connectivity index (χ0) is 8.85. The largest absolute Gasteiger partial charge is 0.409 e. The molecule has 0 aliphatic rings. The van der Waals surface area contributed by atoms with Crippen LogP contribution in [-0.4, -0.2) is 41.2 Å². The third kappa shape index (κ3) is 3.04. The van der Waals surface area contributed by atoms with Crippen LogP contribution in [0.3, 0.4) is 0 Å². The monoisotopic (exact) mass is 158 g/mol. The molecule has 4 nitrogen and oxygen atoms in total. The Morgan fingerprint density at radius 2 is 2.18 bits per heavy atom. The van der Waals surface area contributed by atoms with E-state index in [1.165, 1.54) is 0 Å². The van der Waals surface area contributed by atoms with E-state index in [4.69, 9.17) is 10.3 Å². The van der Waals surface area contributed by atoms with Crippen LogP contribution in [-0.2, 0) is 0 Å². The molecule has 0 spiro atoms. The zero-order valence-corrected chi connectivity index (χ0v) is 6.91. The summed E-state index contributed by atoms with van der Waals surface area (Å²) in [4.78, 5) is 1.63. The van der Waals surface area contributed by atoms with Crippen molar-refractivity contribution in [2.45, 2.75) is 6.92 Å². The van der Waals surface area contributed by atoms with E-state index in [2.05, 4.69) is 11.7 Å². The molecule has 4 heteroatoms. The van der Waals surface area contributed by atoms with E-state index in [0.29, 0.717) is 18.0 Å². The van der Waals surface area contributed by atoms with Crippen LogP contribution in [0, 0.1) is 0 Å². The second-order valence-corrected chi connectivity index (χ2v) is 2.35. The predicted octanol–water partition coefficient (Wildman–Crippen LogP) is 0.274. The topological polar surface area (TPSA) is 56.1 Å². The Kier molecular flexibility index (Phi) is 4.29. The molecule has 0 saturated heterocycles. The SMILES string of the molecule is C=C(C)C(=NO)N(C)CCO. The van der Waals surface area contributed by atoms with Crippen LogP contribution in [0.2, 0.25) is 0 Å². The van der Waals surface area contributed by atoms with Gasteiger partial charge in [0.1, 0.15) is 0 Å². The van der Waals surface area contributed by atoms with E-state index < -0.39 is 0 Å².